The lowest BCUT2D eigenvalue weighted by molar-refractivity contribution is 0.0746. The van der Waals surface area contributed by atoms with Gasteiger partial charge in [0.1, 0.15) is 18.0 Å². The van der Waals surface area contributed by atoms with Gasteiger partial charge in [0.05, 0.1) is 0 Å². The summed E-state index contributed by atoms with van der Waals surface area (Å²) in [5, 5.41) is 0. The first-order chi connectivity index (χ1) is 15.4. The van der Waals surface area contributed by atoms with Crippen LogP contribution in [-0.4, -0.2) is 42.0 Å². The molecule has 0 radical (unpaired) electrons. The third kappa shape index (κ3) is 4.51. The number of amides is 1. The van der Waals surface area contributed by atoms with Crippen LogP contribution in [0.25, 0.3) is 0 Å². The van der Waals surface area contributed by atoms with Crippen molar-refractivity contribution < 1.29 is 27.1 Å². The van der Waals surface area contributed by atoms with Crippen LogP contribution in [0.3, 0.4) is 0 Å². The standard InChI is InChI=1S/C23H19F4N3O2/c24-18-20(19(25)22(27)28-21(18)26)29-10-12-30(13-11-29)23(31)16-6-8-17(9-7-16)32-14-15-4-2-1-3-5-15/h1-9H,10-14H2. The summed E-state index contributed by atoms with van der Waals surface area (Å²) >= 11 is 0. The van der Waals surface area contributed by atoms with Gasteiger partial charge in [-0.05, 0) is 29.8 Å². The van der Waals surface area contributed by atoms with Gasteiger partial charge in [0.2, 0.25) is 11.6 Å². The van der Waals surface area contributed by atoms with E-state index in [-0.39, 0.29) is 32.1 Å². The van der Waals surface area contributed by atoms with Crippen LogP contribution in [0.2, 0.25) is 0 Å². The minimum absolute atomic E-state index is 0.0146. The number of aromatic nitrogens is 1. The Labute approximate surface area is 181 Å². The molecule has 166 valence electrons. The van der Waals surface area contributed by atoms with Crippen LogP contribution in [0.1, 0.15) is 15.9 Å². The number of rotatable bonds is 5. The first-order valence-corrected chi connectivity index (χ1v) is 9.95. The van der Waals surface area contributed by atoms with Crippen molar-refractivity contribution in [2.45, 2.75) is 6.61 Å². The largest absolute Gasteiger partial charge is 0.489 e. The third-order valence-corrected chi connectivity index (χ3v) is 5.21. The molecule has 1 aromatic heterocycles. The lowest BCUT2D eigenvalue weighted by Crippen LogP contribution is -2.49. The van der Waals surface area contributed by atoms with Crippen molar-refractivity contribution in [2.75, 3.05) is 31.1 Å². The molecule has 0 N–H and O–H groups in total. The molecule has 1 saturated heterocycles. The van der Waals surface area contributed by atoms with E-state index in [2.05, 4.69) is 4.98 Å². The molecule has 1 fully saturated rings. The van der Waals surface area contributed by atoms with Gasteiger partial charge in [0, 0.05) is 31.7 Å². The molecule has 3 aromatic rings. The van der Waals surface area contributed by atoms with Gasteiger partial charge in [-0.1, -0.05) is 30.3 Å². The Morgan fingerprint density at radius 3 is 2.03 bits per heavy atom. The summed E-state index contributed by atoms with van der Waals surface area (Å²) in [6, 6.07) is 16.3. The highest BCUT2D eigenvalue weighted by Crippen LogP contribution is 2.27. The number of hydrogen-bond donors (Lipinski definition) is 0. The van der Waals surface area contributed by atoms with Crippen molar-refractivity contribution in [1.82, 2.24) is 9.88 Å². The summed E-state index contributed by atoms with van der Waals surface area (Å²) in [7, 11) is 0. The Bertz CT molecular complexity index is 1080. The van der Waals surface area contributed by atoms with Gasteiger partial charge in [0.15, 0.2) is 0 Å². The van der Waals surface area contributed by atoms with Gasteiger partial charge in [-0.3, -0.25) is 4.79 Å². The van der Waals surface area contributed by atoms with Crippen molar-refractivity contribution in [3.63, 3.8) is 0 Å². The molecular formula is C23H19F4N3O2. The van der Waals surface area contributed by atoms with E-state index in [1.165, 1.54) is 9.80 Å². The number of benzene rings is 2. The van der Waals surface area contributed by atoms with Gasteiger partial charge in [-0.25, -0.2) is 0 Å². The quantitative estimate of drug-likeness (QED) is 0.437. The van der Waals surface area contributed by atoms with Crippen LogP contribution < -0.4 is 9.64 Å². The zero-order chi connectivity index (χ0) is 22.7. The average Bonchev–Trinajstić information content (AvgIpc) is 2.83. The van der Waals surface area contributed by atoms with Crippen molar-refractivity contribution >= 4 is 11.6 Å². The van der Waals surface area contributed by atoms with E-state index in [4.69, 9.17) is 4.74 Å². The SMILES string of the molecule is O=C(c1ccc(OCc2ccccc2)cc1)N1CCN(c2c(F)c(F)nc(F)c2F)CC1. The molecule has 0 saturated carbocycles. The van der Waals surface area contributed by atoms with Gasteiger partial charge in [-0.2, -0.15) is 22.5 Å². The molecule has 2 heterocycles. The molecule has 9 heteroatoms. The van der Waals surface area contributed by atoms with Crippen LogP contribution in [0.4, 0.5) is 23.2 Å². The number of hydrogen-bond acceptors (Lipinski definition) is 4. The second kappa shape index (κ2) is 9.25. The van der Waals surface area contributed by atoms with E-state index in [0.717, 1.165) is 5.56 Å². The van der Waals surface area contributed by atoms with E-state index in [1.807, 2.05) is 30.3 Å². The summed E-state index contributed by atoms with van der Waals surface area (Å²) in [6.45, 7) is 0.700. The molecule has 32 heavy (non-hydrogen) atoms. The van der Waals surface area contributed by atoms with Gasteiger partial charge in [-0.15, -0.1) is 0 Å². The van der Waals surface area contributed by atoms with Crippen molar-refractivity contribution in [2.24, 2.45) is 0 Å². The zero-order valence-corrected chi connectivity index (χ0v) is 16.9. The van der Waals surface area contributed by atoms with E-state index >= 15 is 0 Å². The number of anilines is 1. The summed E-state index contributed by atoms with van der Waals surface area (Å²) in [5.41, 5.74) is 0.651. The summed E-state index contributed by atoms with van der Waals surface area (Å²) in [6.07, 6.45) is 0. The van der Waals surface area contributed by atoms with Gasteiger partial charge in [0.25, 0.3) is 17.8 Å². The smallest absolute Gasteiger partial charge is 0.253 e. The van der Waals surface area contributed by atoms with Gasteiger partial charge >= 0.3 is 0 Å². The molecule has 0 unspecified atom stereocenters. The maximum absolute atomic E-state index is 14.0. The number of pyridine rings is 1. The Balaban J connectivity index is 1.36. The van der Waals surface area contributed by atoms with E-state index < -0.39 is 29.2 Å². The molecule has 4 rings (SSSR count). The highest BCUT2D eigenvalue weighted by molar-refractivity contribution is 5.94. The lowest BCUT2D eigenvalue weighted by atomic mass is 10.1. The Morgan fingerprint density at radius 1 is 0.844 bits per heavy atom. The van der Waals surface area contributed by atoms with E-state index in [9.17, 15) is 22.4 Å². The van der Waals surface area contributed by atoms with Crippen LogP contribution in [0.15, 0.2) is 54.6 Å². The van der Waals surface area contributed by atoms with Crippen molar-refractivity contribution in [1.29, 1.82) is 0 Å². The molecule has 1 aliphatic heterocycles. The second-order valence-corrected chi connectivity index (χ2v) is 7.25. The fraction of sp³-hybridized carbons (Fsp3) is 0.217. The molecule has 0 bridgehead atoms. The predicted octanol–water partition coefficient (Wildman–Crippen LogP) is 4.18. The van der Waals surface area contributed by atoms with Crippen LogP contribution in [0, 0.1) is 23.5 Å². The van der Waals surface area contributed by atoms with E-state index in [0.29, 0.717) is 17.9 Å². The predicted molar refractivity (Wildman–Crippen MR) is 109 cm³/mol. The molecule has 1 amide bonds. The summed E-state index contributed by atoms with van der Waals surface area (Å²) in [4.78, 5) is 18.0. The topological polar surface area (TPSA) is 45.7 Å². The van der Waals surface area contributed by atoms with Crippen LogP contribution in [-0.2, 0) is 6.61 Å². The lowest BCUT2D eigenvalue weighted by Gasteiger charge is -2.36. The number of ether oxygens (including phenoxy) is 1. The number of carbonyl (C=O) groups is 1. The van der Waals surface area contributed by atoms with Crippen LogP contribution >= 0.6 is 0 Å². The van der Waals surface area contributed by atoms with Crippen LogP contribution in [0.5, 0.6) is 5.75 Å². The minimum atomic E-state index is -1.70. The second-order valence-electron chi connectivity index (χ2n) is 7.25. The maximum atomic E-state index is 14.0. The minimum Gasteiger partial charge on any atom is -0.489 e. The van der Waals surface area contributed by atoms with Gasteiger partial charge < -0.3 is 14.5 Å². The monoisotopic (exact) mass is 445 g/mol. The molecule has 0 aliphatic carbocycles. The maximum Gasteiger partial charge on any atom is 0.253 e. The zero-order valence-electron chi connectivity index (χ0n) is 16.9. The molecule has 0 atom stereocenters. The number of piperazine rings is 1. The fourth-order valence-electron chi connectivity index (χ4n) is 3.50. The normalized spacial score (nSPS) is 13.9. The van der Waals surface area contributed by atoms with Crippen molar-refractivity contribution in [3.8, 4) is 5.75 Å². The average molecular weight is 445 g/mol. The van der Waals surface area contributed by atoms with Crippen molar-refractivity contribution in [3.05, 3.63) is 89.3 Å². The first-order valence-electron chi connectivity index (χ1n) is 9.95. The number of nitrogens with zero attached hydrogens (tertiary/aromatic N) is 3. The fourth-order valence-corrected chi connectivity index (χ4v) is 3.50. The highest BCUT2D eigenvalue weighted by Gasteiger charge is 2.29. The molecule has 0 spiro atoms. The highest BCUT2D eigenvalue weighted by atomic mass is 19.2. The Kier molecular flexibility index (Phi) is 6.25. The molecule has 5 nitrogen and oxygen atoms in total. The number of carbonyl (C=O) groups excluding carboxylic acids is 1. The van der Waals surface area contributed by atoms with E-state index in [1.54, 1.807) is 24.3 Å². The third-order valence-electron chi connectivity index (χ3n) is 5.21. The molecule has 2 aromatic carbocycles. The molecule has 1 aliphatic rings. The Morgan fingerprint density at radius 2 is 1.44 bits per heavy atom. The Hall–Kier alpha value is -3.62. The summed E-state index contributed by atoms with van der Waals surface area (Å²) < 4.78 is 60.4. The first kappa shape index (κ1) is 21.6. The number of halogens is 4. The molecular weight excluding hydrogens is 426 g/mol. The summed E-state index contributed by atoms with van der Waals surface area (Å²) in [5.74, 6) is -6.14.